The highest BCUT2D eigenvalue weighted by Gasteiger charge is 2.83. The van der Waals surface area contributed by atoms with Crippen molar-refractivity contribution < 1.29 is 68.8 Å². The Bertz CT molecular complexity index is 1370. The normalized spacial score (nSPS) is 14.5. The molecule has 0 heterocycles. The maximum absolute atomic E-state index is 14.1. The number of hydrogen-bond acceptors (Lipinski definition) is 4. The van der Waals surface area contributed by atoms with E-state index >= 15 is 0 Å². The van der Waals surface area contributed by atoms with Crippen molar-refractivity contribution in [2.24, 2.45) is 0 Å². The van der Waals surface area contributed by atoms with E-state index in [0.717, 1.165) is 11.6 Å². The molecule has 5 nitrogen and oxygen atoms in total. The zero-order valence-corrected chi connectivity index (χ0v) is 25.2. The number of ether oxygens (including phenoxy) is 1. The minimum absolute atomic E-state index is 0.0133. The van der Waals surface area contributed by atoms with Crippen LogP contribution in [0.2, 0.25) is 0 Å². The van der Waals surface area contributed by atoms with Crippen LogP contribution in [0.25, 0.3) is 6.08 Å². The van der Waals surface area contributed by atoms with E-state index < -0.39 is 53.4 Å². The molecule has 0 aromatic heterocycles. The van der Waals surface area contributed by atoms with Gasteiger partial charge in [-0.15, -0.1) is 0 Å². The lowest BCUT2D eigenvalue weighted by atomic mass is 9.70. The number of alkyl halides is 10. The average Bonchev–Trinajstić information content (AvgIpc) is 2.94. The van der Waals surface area contributed by atoms with E-state index in [2.05, 4.69) is 0 Å². The molecular formula is C31H34F10O5. The van der Waals surface area contributed by atoms with Crippen LogP contribution in [-0.4, -0.2) is 63.8 Å². The Morgan fingerprint density at radius 3 is 1.72 bits per heavy atom. The lowest BCUT2D eigenvalue weighted by Crippen LogP contribution is -2.69. The van der Waals surface area contributed by atoms with Gasteiger partial charge in [-0.05, 0) is 73.1 Å². The van der Waals surface area contributed by atoms with Gasteiger partial charge < -0.3 is 20.1 Å². The van der Waals surface area contributed by atoms with Crippen molar-refractivity contribution >= 4 is 12.0 Å². The van der Waals surface area contributed by atoms with Gasteiger partial charge in [0.2, 0.25) is 5.60 Å². The molecule has 3 N–H and O–H groups in total. The third-order valence-electron chi connectivity index (χ3n) is 8.05. The molecule has 0 radical (unpaired) electrons. The predicted molar refractivity (Wildman–Crippen MR) is 148 cm³/mol. The van der Waals surface area contributed by atoms with E-state index in [0.29, 0.717) is 29.7 Å². The minimum Gasteiger partial charge on any atom is -0.491 e. The predicted octanol–water partition coefficient (Wildman–Crippen LogP) is 8.15. The van der Waals surface area contributed by atoms with Crippen LogP contribution in [0, 0.1) is 13.8 Å². The summed E-state index contributed by atoms with van der Waals surface area (Å²) < 4.78 is 140. The second kappa shape index (κ2) is 13.8. The zero-order chi connectivity index (χ0) is 35.5. The number of aliphatic carboxylic acids is 1. The third kappa shape index (κ3) is 7.45. The fourth-order valence-corrected chi connectivity index (χ4v) is 5.11. The minimum atomic E-state index is -6.96. The lowest BCUT2D eigenvalue weighted by molar-refractivity contribution is -0.409. The van der Waals surface area contributed by atoms with E-state index in [4.69, 9.17) is 9.84 Å². The molecule has 1 atom stereocenters. The molecule has 0 unspecified atom stereocenters. The monoisotopic (exact) mass is 676 g/mol. The third-order valence-corrected chi connectivity index (χ3v) is 8.05. The highest BCUT2D eigenvalue weighted by molar-refractivity contribution is 5.66. The van der Waals surface area contributed by atoms with Crippen LogP contribution >= 0.6 is 0 Å². The van der Waals surface area contributed by atoms with Gasteiger partial charge in [0.15, 0.2) is 0 Å². The first kappa shape index (κ1) is 38.9. The maximum atomic E-state index is 14.1. The van der Waals surface area contributed by atoms with Crippen molar-refractivity contribution in [2.75, 3.05) is 6.61 Å². The Morgan fingerprint density at radius 2 is 1.30 bits per heavy atom. The van der Waals surface area contributed by atoms with E-state index in [1.54, 1.807) is 25.1 Å². The lowest BCUT2D eigenvalue weighted by Gasteiger charge is -2.40. The number of carboxylic acid groups (broad SMARTS) is 1. The van der Waals surface area contributed by atoms with Crippen molar-refractivity contribution in [1.29, 1.82) is 0 Å². The summed E-state index contributed by atoms with van der Waals surface area (Å²) in [6.07, 6.45) is -15.0. The summed E-state index contributed by atoms with van der Waals surface area (Å²) in [5.41, 5.74) is -4.92. The van der Waals surface area contributed by atoms with Crippen LogP contribution in [0.4, 0.5) is 43.9 Å². The van der Waals surface area contributed by atoms with Gasteiger partial charge in [-0.3, -0.25) is 4.79 Å². The van der Waals surface area contributed by atoms with Crippen LogP contribution in [0.15, 0.2) is 42.5 Å². The van der Waals surface area contributed by atoms with E-state index in [1.807, 2.05) is 13.8 Å². The van der Waals surface area contributed by atoms with E-state index in [9.17, 15) is 58.9 Å². The van der Waals surface area contributed by atoms with Gasteiger partial charge in [-0.2, -0.15) is 43.9 Å². The van der Waals surface area contributed by atoms with Crippen molar-refractivity contribution in [1.82, 2.24) is 0 Å². The summed E-state index contributed by atoms with van der Waals surface area (Å²) >= 11 is 0. The van der Waals surface area contributed by atoms with Gasteiger partial charge in [-0.25, -0.2) is 0 Å². The largest absolute Gasteiger partial charge is 0.491 e. The van der Waals surface area contributed by atoms with Crippen molar-refractivity contribution in [3.05, 3.63) is 70.3 Å². The van der Waals surface area contributed by atoms with Crippen molar-refractivity contribution in [2.45, 2.75) is 94.7 Å². The van der Waals surface area contributed by atoms with Gasteiger partial charge in [0.1, 0.15) is 12.4 Å². The van der Waals surface area contributed by atoms with Crippen molar-refractivity contribution in [3.8, 4) is 5.75 Å². The molecule has 0 aliphatic heterocycles. The Balaban J connectivity index is 2.52. The summed E-state index contributed by atoms with van der Waals surface area (Å²) in [5.74, 6) is -14.4. The van der Waals surface area contributed by atoms with E-state index in [1.165, 1.54) is 19.1 Å². The van der Waals surface area contributed by atoms with Gasteiger partial charge in [0.05, 0.1) is 6.10 Å². The molecule has 0 aliphatic rings. The Kier molecular flexibility index (Phi) is 11.7. The molecule has 0 saturated carbocycles. The summed E-state index contributed by atoms with van der Waals surface area (Å²) in [6, 6.07) is 9.21. The van der Waals surface area contributed by atoms with Gasteiger partial charge >= 0.3 is 30.2 Å². The topological polar surface area (TPSA) is 87.0 Å². The number of rotatable bonds is 14. The molecule has 0 spiro atoms. The van der Waals surface area contributed by atoms with Crippen LogP contribution < -0.4 is 4.74 Å². The first-order valence-corrected chi connectivity index (χ1v) is 14.0. The molecule has 0 saturated heterocycles. The standard InChI is InChI=1S/C31H34F10O5/c1-5-26(6-2,22-9-11-24(19(4)16-22)46-17-23(42)10-12-25(43)44)21-8-7-20(18(3)15-21)13-14-27(45,28(32,33)30(36,37)38)29(34,35)31(39,40)41/h7-9,11,13-16,23,42,45H,5-6,10,12,17H2,1-4H3,(H,43,44)/b14-13+/t23-/m0/s1. The number of aliphatic hydroxyl groups excluding tert-OH is 1. The van der Waals surface area contributed by atoms with Gasteiger partial charge in [0, 0.05) is 11.8 Å². The van der Waals surface area contributed by atoms with Gasteiger partial charge in [0.25, 0.3) is 0 Å². The highest BCUT2D eigenvalue weighted by atomic mass is 19.4. The number of carboxylic acids is 1. The highest BCUT2D eigenvalue weighted by Crippen LogP contribution is 2.55. The second-order valence-corrected chi connectivity index (χ2v) is 11.0. The van der Waals surface area contributed by atoms with Crippen LogP contribution in [-0.2, 0) is 10.2 Å². The van der Waals surface area contributed by atoms with Gasteiger partial charge in [-0.1, -0.05) is 50.3 Å². The quantitative estimate of drug-likeness (QED) is 0.176. The Morgan fingerprint density at radius 1 is 0.826 bits per heavy atom. The maximum Gasteiger partial charge on any atom is 0.457 e. The molecule has 0 amide bonds. The molecular weight excluding hydrogens is 642 g/mol. The Hall–Kier alpha value is -3.33. The molecule has 0 bridgehead atoms. The summed E-state index contributed by atoms with van der Waals surface area (Å²) in [6.45, 7) is 6.60. The number of aryl methyl sites for hydroxylation is 2. The second-order valence-electron chi connectivity index (χ2n) is 11.0. The smallest absolute Gasteiger partial charge is 0.457 e. The zero-order valence-electron chi connectivity index (χ0n) is 25.2. The fourth-order valence-electron chi connectivity index (χ4n) is 5.11. The molecule has 15 heteroatoms. The number of carbonyl (C=O) groups is 1. The van der Waals surface area contributed by atoms with E-state index in [-0.39, 0.29) is 36.7 Å². The molecule has 0 fully saturated rings. The fraction of sp³-hybridized carbons (Fsp3) is 0.516. The summed E-state index contributed by atoms with van der Waals surface area (Å²) in [7, 11) is 0. The molecule has 2 aromatic rings. The molecule has 258 valence electrons. The molecule has 2 rings (SSSR count). The number of halogens is 10. The van der Waals surface area contributed by atoms with Crippen LogP contribution in [0.1, 0.15) is 67.3 Å². The number of hydrogen-bond donors (Lipinski definition) is 3. The van der Waals surface area contributed by atoms with Crippen molar-refractivity contribution in [3.63, 3.8) is 0 Å². The average molecular weight is 677 g/mol. The van der Waals surface area contributed by atoms with Crippen LogP contribution in [0.5, 0.6) is 5.75 Å². The number of benzene rings is 2. The molecule has 0 aliphatic carbocycles. The first-order chi connectivity index (χ1) is 20.9. The SMILES string of the molecule is CCC(CC)(c1ccc(/C=C/C(O)(C(F)(F)C(F)(F)F)C(F)(F)C(F)(F)F)c(C)c1)c1ccc(OC[C@@H](O)CCC(=O)O)c(C)c1. The molecule has 2 aromatic carbocycles. The van der Waals surface area contributed by atoms with Crippen LogP contribution in [0.3, 0.4) is 0 Å². The summed E-state index contributed by atoms with van der Waals surface area (Å²) in [5, 5.41) is 28.5. The Labute approximate surface area is 258 Å². The number of aliphatic hydroxyl groups is 2. The first-order valence-electron chi connectivity index (χ1n) is 14.0. The summed E-state index contributed by atoms with van der Waals surface area (Å²) in [4.78, 5) is 10.7. The molecule has 46 heavy (non-hydrogen) atoms.